The lowest BCUT2D eigenvalue weighted by Gasteiger charge is -2.20. The lowest BCUT2D eigenvalue weighted by molar-refractivity contribution is 0.0599. The summed E-state index contributed by atoms with van der Waals surface area (Å²) in [4.78, 5) is 12.2. The molecule has 0 aliphatic heterocycles. The van der Waals surface area contributed by atoms with Crippen molar-refractivity contribution in [2.45, 2.75) is 19.8 Å². The van der Waals surface area contributed by atoms with Crippen LogP contribution in [0.4, 0.5) is 0 Å². The Balaban J connectivity index is 2.18. The van der Waals surface area contributed by atoms with Crippen molar-refractivity contribution < 1.29 is 9.53 Å². The zero-order valence-electron chi connectivity index (χ0n) is 13.7. The van der Waals surface area contributed by atoms with Gasteiger partial charge in [0.05, 0.1) is 18.6 Å². The van der Waals surface area contributed by atoms with Crippen LogP contribution in [0.15, 0.2) is 48.2 Å². The van der Waals surface area contributed by atoms with Crippen molar-refractivity contribution >= 4 is 12.0 Å². The summed E-state index contributed by atoms with van der Waals surface area (Å²) in [7, 11) is 1.42. The van der Waals surface area contributed by atoms with E-state index in [2.05, 4.69) is 43.4 Å². The number of fused-ring (bicyclic) bond motifs is 1. The summed E-state index contributed by atoms with van der Waals surface area (Å²) in [6.07, 6.45) is 2.20. The smallest absolute Gasteiger partial charge is 0.338 e. The second kappa shape index (κ2) is 6.29. The molecule has 0 saturated heterocycles. The summed E-state index contributed by atoms with van der Waals surface area (Å²) in [6, 6.07) is 14.0. The maximum absolute atomic E-state index is 12.2. The summed E-state index contributed by atoms with van der Waals surface area (Å²) < 4.78 is 4.96. The monoisotopic (exact) mass is 307 g/mol. The molecule has 0 amide bonds. The van der Waals surface area contributed by atoms with E-state index < -0.39 is 0 Å². The van der Waals surface area contributed by atoms with Gasteiger partial charge in [-0.1, -0.05) is 36.4 Å². The van der Waals surface area contributed by atoms with Crippen molar-refractivity contribution in [2.24, 2.45) is 0 Å². The molecule has 1 aliphatic rings. The number of benzene rings is 2. The van der Waals surface area contributed by atoms with Gasteiger partial charge in [0.25, 0.3) is 0 Å². The highest BCUT2D eigenvalue weighted by Crippen LogP contribution is 2.42. The summed E-state index contributed by atoms with van der Waals surface area (Å²) in [5.41, 5.74) is 6.46. The molecule has 0 spiro atoms. The first kappa shape index (κ1) is 15.3. The standard InChI is InChI=1S/C20H21NO2/c1-4-21-18-12-17-13(2)8-7-11-15(17)19(18)14-9-5-6-10-16(14)20(22)23-3/h5-12,19,21H,4H2,1-3H3. The third-order valence-electron chi connectivity index (χ3n) is 4.34. The molecule has 2 aromatic carbocycles. The van der Waals surface area contributed by atoms with Gasteiger partial charge >= 0.3 is 5.97 Å². The molecule has 3 heteroatoms. The first-order valence-corrected chi connectivity index (χ1v) is 7.89. The van der Waals surface area contributed by atoms with Crippen molar-refractivity contribution in [1.82, 2.24) is 5.32 Å². The predicted octanol–water partition coefficient (Wildman–Crippen LogP) is 3.88. The van der Waals surface area contributed by atoms with Crippen LogP contribution in [0.25, 0.3) is 6.08 Å². The van der Waals surface area contributed by atoms with Crippen LogP contribution in [0.5, 0.6) is 0 Å². The number of carbonyl (C=O) groups excluding carboxylic acids is 1. The van der Waals surface area contributed by atoms with Gasteiger partial charge in [-0.2, -0.15) is 0 Å². The largest absolute Gasteiger partial charge is 0.465 e. The summed E-state index contributed by atoms with van der Waals surface area (Å²) in [5.74, 6) is -0.252. The number of allylic oxidation sites excluding steroid dienone is 1. The van der Waals surface area contributed by atoms with Crippen LogP contribution in [0, 0.1) is 6.92 Å². The minimum absolute atomic E-state index is 0.0418. The van der Waals surface area contributed by atoms with E-state index in [9.17, 15) is 4.79 Å². The van der Waals surface area contributed by atoms with Gasteiger partial charge in [0.2, 0.25) is 0 Å². The summed E-state index contributed by atoms with van der Waals surface area (Å²) >= 11 is 0. The van der Waals surface area contributed by atoms with E-state index in [-0.39, 0.29) is 11.9 Å². The average molecular weight is 307 g/mol. The average Bonchev–Trinajstić information content (AvgIpc) is 2.94. The van der Waals surface area contributed by atoms with E-state index in [0.717, 1.165) is 17.8 Å². The van der Waals surface area contributed by atoms with E-state index in [0.29, 0.717) is 5.56 Å². The molecule has 118 valence electrons. The Bertz CT molecular complexity index is 777. The van der Waals surface area contributed by atoms with Crippen LogP contribution >= 0.6 is 0 Å². The molecule has 1 unspecified atom stereocenters. The number of hydrogen-bond donors (Lipinski definition) is 1. The van der Waals surface area contributed by atoms with Gasteiger partial charge in [0.15, 0.2) is 0 Å². The predicted molar refractivity (Wildman–Crippen MR) is 92.5 cm³/mol. The molecule has 23 heavy (non-hydrogen) atoms. The Kier molecular flexibility index (Phi) is 4.20. The zero-order chi connectivity index (χ0) is 16.4. The molecular formula is C20H21NO2. The van der Waals surface area contributed by atoms with Gasteiger partial charge in [-0.25, -0.2) is 4.79 Å². The number of hydrogen-bond acceptors (Lipinski definition) is 3. The number of ether oxygens (including phenoxy) is 1. The Morgan fingerprint density at radius 3 is 2.61 bits per heavy atom. The minimum atomic E-state index is -0.294. The minimum Gasteiger partial charge on any atom is -0.465 e. The van der Waals surface area contributed by atoms with Gasteiger partial charge in [-0.15, -0.1) is 0 Å². The number of aryl methyl sites for hydroxylation is 1. The van der Waals surface area contributed by atoms with Gasteiger partial charge in [0.1, 0.15) is 0 Å². The number of nitrogens with one attached hydrogen (secondary N) is 1. The molecule has 0 heterocycles. The maximum atomic E-state index is 12.2. The lowest BCUT2D eigenvalue weighted by atomic mass is 9.87. The molecular weight excluding hydrogens is 286 g/mol. The van der Waals surface area contributed by atoms with Gasteiger partial charge in [0, 0.05) is 12.2 Å². The zero-order valence-corrected chi connectivity index (χ0v) is 13.7. The van der Waals surface area contributed by atoms with Crippen molar-refractivity contribution in [1.29, 1.82) is 0 Å². The molecule has 1 atom stereocenters. The topological polar surface area (TPSA) is 38.3 Å². The summed E-state index contributed by atoms with van der Waals surface area (Å²) in [6.45, 7) is 5.04. The fourth-order valence-electron chi connectivity index (χ4n) is 3.30. The molecule has 0 fully saturated rings. The number of esters is 1. The van der Waals surface area contributed by atoms with Crippen molar-refractivity contribution in [3.8, 4) is 0 Å². The third kappa shape index (κ3) is 2.63. The van der Waals surface area contributed by atoms with E-state index in [1.807, 2.05) is 24.3 Å². The maximum Gasteiger partial charge on any atom is 0.338 e. The first-order valence-electron chi connectivity index (χ1n) is 7.89. The Labute approximate surface area is 137 Å². The Morgan fingerprint density at radius 2 is 1.87 bits per heavy atom. The molecule has 1 aliphatic carbocycles. The first-order chi connectivity index (χ1) is 11.2. The van der Waals surface area contributed by atoms with Gasteiger partial charge < -0.3 is 10.1 Å². The quantitative estimate of drug-likeness (QED) is 0.871. The highest BCUT2D eigenvalue weighted by molar-refractivity contribution is 5.92. The Morgan fingerprint density at radius 1 is 1.13 bits per heavy atom. The highest BCUT2D eigenvalue weighted by Gasteiger charge is 2.30. The SMILES string of the molecule is CCNC1=Cc2c(C)cccc2C1c1ccccc1C(=O)OC. The van der Waals surface area contributed by atoms with Crippen molar-refractivity contribution in [3.05, 3.63) is 76.0 Å². The van der Waals surface area contributed by atoms with E-state index in [1.54, 1.807) is 0 Å². The fourth-order valence-corrected chi connectivity index (χ4v) is 3.30. The lowest BCUT2D eigenvalue weighted by Crippen LogP contribution is -2.19. The van der Waals surface area contributed by atoms with Crippen LogP contribution in [-0.4, -0.2) is 19.6 Å². The summed E-state index contributed by atoms with van der Waals surface area (Å²) in [5, 5.41) is 3.46. The van der Waals surface area contributed by atoms with E-state index >= 15 is 0 Å². The normalized spacial score (nSPS) is 15.8. The molecule has 3 nitrogen and oxygen atoms in total. The van der Waals surface area contributed by atoms with Gasteiger partial charge in [-0.3, -0.25) is 0 Å². The van der Waals surface area contributed by atoms with Crippen LogP contribution in [0.2, 0.25) is 0 Å². The van der Waals surface area contributed by atoms with Crippen molar-refractivity contribution in [3.63, 3.8) is 0 Å². The van der Waals surface area contributed by atoms with Crippen LogP contribution in [-0.2, 0) is 4.74 Å². The highest BCUT2D eigenvalue weighted by atomic mass is 16.5. The number of methoxy groups -OCH3 is 1. The number of rotatable bonds is 4. The molecule has 0 saturated carbocycles. The van der Waals surface area contributed by atoms with E-state index in [1.165, 1.54) is 23.8 Å². The van der Waals surface area contributed by atoms with Crippen LogP contribution in [0.3, 0.4) is 0 Å². The molecule has 1 N–H and O–H groups in total. The molecule has 0 aromatic heterocycles. The molecule has 3 rings (SSSR count). The van der Waals surface area contributed by atoms with Crippen LogP contribution < -0.4 is 5.32 Å². The number of carbonyl (C=O) groups is 1. The van der Waals surface area contributed by atoms with Crippen LogP contribution in [0.1, 0.15) is 45.5 Å². The second-order valence-corrected chi connectivity index (χ2v) is 5.72. The Hall–Kier alpha value is -2.55. The molecule has 2 aromatic rings. The van der Waals surface area contributed by atoms with E-state index in [4.69, 9.17) is 4.74 Å². The second-order valence-electron chi connectivity index (χ2n) is 5.72. The molecule has 0 bridgehead atoms. The third-order valence-corrected chi connectivity index (χ3v) is 4.34. The molecule has 0 radical (unpaired) electrons. The fraction of sp³-hybridized carbons (Fsp3) is 0.250. The van der Waals surface area contributed by atoms with Crippen molar-refractivity contribution in [2.75, 3.05) is 13.7 Å². The van der Waals surface area contributed by atoms with Gasteiger partial charge in [-0.05, 0) is 48.2 Å². The number of likely N-dealkylation sites (N-methyl/N-ethyl adjacent to an activating group) is 1.